The lowest BCUT2D eigenvalue weighted by molar-refractivity contribution is -0.118. The second-order valence-electron chi connectivity index (χ2n) is 5.73. The zero-order valence-electron chi connectivity index (χ0n) is 13.1. The first-order chi connectivity index (χ1) is 11.1. The number of carbonyl (C=O) groups excluding carboxylic acids is 2. The van der Waals surface area contributed by atoms with Crippen molar-refractivity contribution in [3.8, 4) is 11.5 Å². The fourth-order valence-electron chi connectivity index (χ4n) is 2.77. The Morgan fingerprint density at radius 1 is 1.35 bits per heavy atom. The van der Waals surface area contributed by atoms with Gasteiger partial charge in [0.15, 0.2) is 17.2 Å². The van der Waals surface area contributed by atoms with Crippen LogP contribution in [0.5, 0.6) is 11.5 Å². The van der Waals surface area contributed by atoms with E-state index in [4.69, 9.17) is 10.5 Å². The molecule has 7 heteroatoms. The molecule has 0 unspecified atom stereocenters. The molecule has 1 aliphatic carbocycles. The van der Waals surface area contributed by atoms with E-state index in [-0.39, 0.29) is 23.7 Å². The van der Waals surface area contributed by atoms with Gasteiger partial charge in [0.1, 0.15) is 0 Å². The van der Waals surface area contributed by atoms with E-state index in [2.05, 4.69) is 4.98 Å². The van der Waals surface area contributed by atoms with Gasteiger partial charge >= 0.3 is 0 Å². The maximum Gasteiger partial charge on any atom is 0.280 e. The number of hydrogen-bond donors (Lipinski definition) is 3. The zero-order chi connectivity index (χ0) is 16.7. The molecule has 1 aromatic rings. The highest BCUT2D eigenvalue weighted by Gasteiger charge is 2.19. The van der Waals surface area contributed by atoms with Gasteiger partial charge in [-0.3, -0.25) is 14.9 Å². The Morgan fingerprint density at radius 3 is 2.78 bits per heavy atom. The average Bonchev–Trinajstić information content (AvgIpc) is 2.57. The van der Waals surface area contributed by atoms with E-state index in [1.54, 1.807) is 0 Å². The molecule has 126 valence electrons. The zero-order valence-corrected chi connectivity index (χ0v) is 13.1. The number of aromatic hydroxyl groups is 1. The summed E-state index contributed by atoms with van der Waals surface area (Å²) in [6.07, 6.45) is 8.57. The predicted molar refractivity (Wildman–Crippen MR) is 84.1 cm³/mol. The van der Waals surface area contributed by atoms with Crippen molar-refractivity contribution < 1.29 is 19.4 Å². The van der Waals surface area contributed by atoms with Crippen molar-refractivity contribution in [3.63, 3.8) is 0 Å². The molecule has 0 aliphatic heterocycles. The molecule has 0 saturated heterocycles. The molecule has 0 radical (unpaired) electrons. The third-order valence-electron chi connectivity index (χ3n) is 4.05. The first-order valence-corrected chi connectivity index (χ1v) is 7.97. The summed E-state index contributed by atoms with van der Waals surface area (Å²) in [6, 6.07) is 1.50. The smallest absolute Gasteiger partial charge is 0.280 e. The number of nitrogens with one attached hydrogen (secondary N) is 1. The number of carbonyl (C=O) groups is 2. The largest absolute Gasteiger partial charge is 0.503 e. The van der Waals surface area contributed by atoms with E-state index >= 15 is 0 Å². The highest BCUT2D eigenvalue weighted by molar-refractivity contribution is 6.05. The van der Waals surface area contributed by atoms with Crippen LogP contribution in [-0.2, 0) is 4.79 Å². The van der Waals surface area contributed by atoms with Crippen molar-refractivity contribution in [1.29, 1.82) is 0 Å². The van der Waals surface area contributed by atoms with Crippen molar-refractivity contribution in [2.24, 2.45) is 11.7 Å². The van der Waals surface area contributed by atoms with Crippen LogP contribution in [-0.4, -0.2) is 35.1 Å². The molecule has 1 fully saturated rings. The molecule has 23 heavy (non-hydrogen) atoms. The highest BCUT2D eigenvalue weighted by Crippen LogP contribution is 2.30. The van der Waals surface area contributed by atoms with Crippen LogP contribution in [0.1, 0.15) is 49.0 Å². The average molecular weight is 321 g/mol. The number of ether oxygens (including phenoxy) is 1. The van der Waals surface area contributed by atoms with E-state index in [0.717, 1.165) is 6.42 Å². The minimum Gasteiger partial charge on any atom is -0.503 e. The Bertz CT molecular complexity index is 556. The molecule has 1 aliphatic rings. The van der Waals surface area contributed by atoms with Gasteiger partial charge in [-0.15, -0.1) is 0 Å². The van der Waals surface area contributed by atoms with Gasteiger partial charge in [-0.05, 0) is 12.3 Å². The molecule has 1 saturated carbocycles. The van der Waals surface area contributed by atoms with Crippen LogP contribution in [0.15, 0.2) is 12.3 Å². The summed E-state index contributed by atoms with van der Waals surface area (Å²) in [7, 11) is 0. The highest BCUT2D eigenvalue weighted by atomic mass is 16.5. The third-order valence-corrected chi connectivity index (χ3v) is 4.05. The molecule has 1 aromatic heterocycles. The summed E-state index contributed by atoms with van der Waals surface area (Å²) in [4.78, 5) is 26.8. The summed E-state index contributed by atoms with van der Waals surface area (Å²) in [6.45, 7) is 0.162. The Hall–Kier alpha value is -2.15. The molecular weight excluding hydrogens is 298 g/mol. The second kappa shape index (κ2) is 8.47. The number of pyridine rings is 1. The lowest BCUT2D eigenvalue weighted by Crippen LogP contribution is -2.35. The van der Waals surface area contributed by atoms with E-state index < -0.39 is 11.8 Å². The number of amides is 2. The van der Waals surface area contributed by atoms with Gasteiger partial charge < -0.3 is 15.6 Å². The number of hydrogen-bond acceptors (Lipinski definition) is 6. The molecule has 2 amide bonds. The minimum absolute atomic E-state index is 0.196. The van der Waals surface area contributed by atoms with Crippen LogP contribution in [0.3, 0.4) is 0 Å². The van der Waals surface area contributed by atoms with E-state index in [1.165, 1.54) is 44.4 Å². The number of imide groups is 1. The van der Waals surface area contributed by atoms with E-state index in [0.29, 0.717) is 12.5 Å². The molecule has 1 heterocycles. The molecule has 2 rings (SSSR count). The SMILES string of the molecule is NCC(=O)NC(=O)c1nccc(OCCC2CCCCC2)c1O. The Morgan fingerprint density at radius 2 is 2.09 bits per heavy atom. The quantitative estimate of drug-likeness (QED) is 0.728. The molecule has 0 atom stereocenters. The minimum atomic E-state index is -0.796. The summed E-state index contributed by atoms with van der Waals surface area (Å²) < 4.78 is 5.58. The van der Waals surface area contributed by atoms with Crippen LogP contribution < -0.4 is 15.8 Å². The Labute approximate surface area is 135 Å². The van der Waals surface area contributed by atoms with Crippen molar-refractivity contribution in [2.75, 3.05) is 13.2 Å². The lowest BCUT2D eigenvalue weighted by atomic mass is 9.87. The first-order valence-electron chi connectivity index (χ1n) is 7.97. The lowest BCUT2D eigenvalue weighted by Gasteiger charge is -2.21. The fourth-order valence-corrected chi connectivity index (χ4v) is 2.77. The summed E-state index contributed by atoms with van der Waals surface area (Å²) in [5, 5.41) is 12.1. The first kappa shape index (κ1) is 17.2. The monoisotopic (exact) mass is 321 g/mol. The van der Waals surface area contributed by atoms with Gasteiger partial charge in [0.2, 0.25) is 5.91 Å². The van der Waals surface area contributed by atoms with E-state index in [1.807, 2.05) is 5.32 Å². The summed E-state index contributed by atoms with van der Waals surface area (Å²) >= 11 is 0. The number of aromatic nitrogens is 1. The number of nitrogens with two attached hydrogens (primary N) is 1. The number of rotatable bonds is 6. The van der Waals surface area contributed by atoms with Gasteiger partial charge in [-0.25, -0.2) is 4.98 Å². The van der Waals surface area contributed by atoms with E-state index in [9.17, 15) is 14.7 Å². The van der Waals surface area contributed by atoms with Crippen molar-refractivity contribution in [3.05, 3.63) is 18.0 Å². The van der Waals surface area contributed by atoms with Crippen LogP contribution in [0.2, 0.25) is 0 Å². The van der Waals surface area contributed by atoms with Gasteiger partial charge in [-0.1, -0.05) is 32.1 Å². The fraction of sp³-hybridized carbons (Fsp3) is 0.562. The van der Waals surface area contributed by atoms with Gasteiger partial charge in [0.25, 0.3) is 5.91 Å². The Kier molecular flexibility index (Phi) is 6.34. The number of nitrogens with zero attached hydrogens (tertiary/aromatic N) is 1. The normalized spacial score (nSPS) is 15.2. The predicted octanol–water partition coefficient (Wildman–Crippen LogP) is 1.35. The van der Waals surface area contributed by atoms with Crippen LogP contribution in [0, 0.1) is 5.92 Å². The topological polar surface area (TPSA) is 115 Å². The third kappa shape index (κ3) is 4.92. The van der Waals surface area contributed by atoms with Crippen LogP contribution in [0.25, 0.3) is 0 Å². The van der Waals surface area contributed by atoms with Crippen LogP contribution in [0.4, 0.5) is 0 Å². The Balaban J connectivity index is 1.93. The van der Waals surface area contributed by atoms with Crippen molar-refractivity contribution >= 4 is 11.8 Å². The molecule has 0 aromatic carbocycles. The van der Waals surface area contributed by atoms with Gasteiger partial charge in [0.05, 0.1) is 13.2 Å². The van der Waals surface area contributed by atoms with Crippen molar-refractivity contribution in [2.45, 2.75) is 38.5 Å². The maximum absolute atomic E-state index is 11.8. The molecule has 0 spiro atoms. The second-order valence-corrected chi connectivity index (χ2v) is 5.73. The van der Waals surface area contributed by atoms with Gasteiger partial charge in [-0.2, -0.15) is 0 Å². The van der Waals surface area contributed by atoms with Crippen molar-refractivity contribution in [1.82, 2.24) is 10.3 Å². The molecule has 4 N–H and O–H groups in total. The maximum atomic E-state index is 11.8. The molecular formula is C16H23N3O4. The molecule has 7 nitrogen and oxygen atoms in total. The van der Waals surface area contributed by atoms with Crippen LogP contribution >= 0.6 is 0 Å². The van der Waals surface area contributed by atoms with Gasteiger partial charge in [0, 0.05) is 12.3 Å². The summed E-state index contributed by atoms with van der Waals surface area (Å²) in [5.74, 6) is -0.937. The molecule has 0 bridgehead atoms. The standard InChI is InChI=1S/C16H23N3O4/c17-10-13(20)19-16(22)14-15(21)12(6-8-18-14)23-9-7-11-4-2-1-3-5-11/h6,8,11,21H,1-5,7,9-10,17H2,(H,19,20,22). The summed E-state index contributed by atoms with van der Waals surface area (Å²) in [5.41, 5.74) is 4.88.